The van der Waals surface area contributed by atoms with Crippen LogP contribution in [0.3, 0.4) is 0 Å². The maximum Gasteiger partial charge on any atom is 0.307 e. The molecule has 23 heavy (non-hydrogen) atoms. The molecule has 3 nitrogen and oxygen atoms in total. The van der Waals surface area contributed by atoms with Crippen LogP contribution < -0.4 is 5.32 Å². The van der Waals surface area contributed by atoms with Gasteiger partial charge in [-0.1, -0.05) is 61.3 Å². The van der Waals surface area contributed by atoms with Gasteiger partial charge in [-0.2, -0.15) is 0 Å². The number of halogens is 2. The van der Waals surface area contributed by atoms with Gasteiger partial charge in [-0.3, -0.25) is 4.79 Å². The Kier molecular flexibility index (Phi) is 10.6. The lowest BCUT2D eigenvalue weighted by molar-refractivity contribution is -0.136. The first-order chi connectivity index (χ1) is 11.1. The Morgan fingerprint density at radius 2 is 1.57 bits per heavy atom. The third kappa shape index (κ3) is 6.76. The summed E-state index contributed by atoms with van der Waals surface area (Å²) in [5.41, 5.74) is 1.93. The largest absolute Gasteiger partial charge is 0.481 e. The van der Waals surface area contributed by atoms with Crippen LogP contribution >= 0.6 is 23.2 Å². The Hall–Kier alpha value is -1.97. The van der Waals surface area contributed by atoms with Gasteiger partial charge in [-0.05, 0) is 23.8 Å². The van der Waals surface area contributed by atoms with E-state index in [1.54, 1.807) is 36.4 Å². The Labute approximate surface area is 147 Å². The number of aliphatic carboxylic acids is 1. The van der Waals surface area contributed by atoms with Gasteiger partial charge in [-0.25, -0.2) is 0 Å². The second kappa shape index (κ2) is 11.6. The molecule has 2 aromatic rings. The van der Waals surface area contributed by atoms with E-state index in [-0.39, 0.29) is 6.42 Å². The summed E-state index contributed by atoms with van der Waals surface area (Å²) in [6, 6.07) is 12.3. The van der Waals surface area contributed by atoms with Crippen LogP contribution in [-0.4, -0.2) is 11.1 Å². The van der Waals surface area contributed by atoms with Crippen molar-refractivity contribution >= 4 is 40.5 Å². The van der Waals surface area contributed by atoms with E-state index in [9.17, 15) is 4.79 Å². The summed E-state index contributed by atoms with van der Waals surface area (Å²) in [4.78, 5) is 10.8. The van der Waals surface area contributed by atoms with E-state index in [1.165, 1.54) is 0 Å². The van der Waals surface area contributed by atoms with Gasteiger partial charge in [0.1, 0.15) is 0 Å². The molecule has 124 valence electrons. The highest BCUT2D eigenvalue weighted by molar-refractivity contribution is 6.39. The molecular weight excluding hydrogens is 333 g/mol. The van der Waals surface area contributed by atoms with E-state index < -0.39 is 5.97 Å². The van der Waals surface area contributed by atoms with Crippen molar-refractivity contribution in [2.45, 2.75) is 20.3 Å². The lowest BCUT2D eigenvalue weighted by Crippen LogP contribution is -2.04. The predicted octanol–water partition coefficient (Wildman–Crippen LogP) is 6.19. The molecule has 2 aromatic carbocycles. The molecular formula is C18H21Cl2NO2. The van der Waals surface area contributed by atoms with Crippen molar-refractivity contribution in [2.24, 2.45) is 0 Å². The SMILES string of the molecule is C=C.CC.O=C(O)Cc1ccccc1Nc1c(Cl)cccc1Cl. The fraction of sp³-hybridized carbons (Fsp3) is 0.167. The Bertz CT molecular complexity index is 610. The molecule has 0 aromatic heterocycles. The van der Waals surface area contributed by atoms with Crippen LogP contribution in [0.1, 0.15) is 19.4 Å². The van der Waals surface area contributed by atoms with E-state index in [2.05, 4.69) is 18.5 Å². The van der Waals surface area contributed by atoms with Gasteiger partial charge in [0.25, 0.3) is 0 Å². The molecule has 0 aliphatic heterocycles. The van der Waals surface area contributed by atoms with Crippen LogP contribution in [0.2, 0.25) is 10.0 Å². The predicted molar refractivity (Wildman–Crippen MR) is 100 cm³/mol. The van der Waals surface area contributed by atoms with Crippen molar-refractivity contribution in [1.29, 1.82) is 0 Å². The maximum absolute atomic E-state index is 10.8. The van der Waals surface area contributed by atoms with Gasteiger partial charge in [0.15, 0.2) is 0 Å². The molecule has 0 saturated carbocycles. The lowest BCUT2D eigenvalue weighted by Gasteiger charge is -2.13. The van der Waals surface area contributed by atoms with E-state index in [0.29, 0.717) is 27.0 Å². The molecule has 0 fully saturated rings. The zero-order valence-electron chi connectivity index (χ0n) is 13.3. The highest BCUT2D eigenvalue weighted by Crippen LogP contribution is 2.33. The Balaban J connectivity index is 0.00000112. The van der Waals surface area contributed by atoms with Crippen molar-refractivity contribution in [3.05, 3.63) is 71.2 Å². The minimum atomic E-state index is -0.889. The van der Waals surface area contributed by atoms with E-state index in [0.717, 1.165) is 0 Å². The van der Waals surface area contributed by atoms with Gasteiger partial charge in [-0.15, -0.1) is 13.2 Å². The van der Waals surface area contributed by atoms with Crippen molar-refractivity contribution in [3.8, 4) is 0 Å². The van der Waals surface area contributed by atoms with Gasteiger partial charge >= 0.3 is 5.97 Å². The molecule has 0 spiro atoms. The minimum Gasteiger partial charge on any atom is -0.481 e. The van der Waals surface area contributed by atoms with E-state index in [4.69, 9.17) is 28.3 Å². The second-order valence-electron chi connectivity index (χ2n) is 3.95. The summed E-state index contributed by atoms with van der Waals surface area (Å²) in [6.45, 7) is 10.0. The molecule has 0 bridgehead atoms. The minimum absolute atomic E-state index is 0.0642. The first kappa shape index (κ1) is 21.0. The third-order valence-electron chi connectivity index (χ3n) is 2.58. The normalized spacial score (nSPS) is 8.87. The highest BCUT2D eigenvalue weighted by Gasteiger charge is 2.10. The first-order valence-corrected chi connectivity index (χ1v) is 7.84. The number of carbonyl (C=O) groups is 1. The first-order valence-electron chi connectivity index (χ1n) is 7.08. The topological polar surface area (TPSA) is 49.3 Å². The van der Waals surface area contributed by atoms with Gasteiger partial charge in [0, 0.05) is 5.69 Å². The van der Waals surface area contributed by atoms with Gasteiger partial charge < -0.3 is 10.4 Å². The number of nitrogens with one attached hydrogen (secondary N) is 1. The summed E-state index contributed by atoms with van der Waals surface area (Å²) in [5, 5.41) is 12.9. The number of rotatable bonds is 4. The van der Waals surface area contributed by atoms with Crippen LogP contribution in [0.4, 0.5) is 11.4 Å². The fourth-order valence-electron chi connectivity index (χ4n) is 1.71. The zero-order valence-corrected chi connectivity index (χ0v) is 14.8. The summed E-state index contributed by atoms with van der Waals surface area (Å²) < 4.78 is 0. The number of para-hydroxylation sites is 2. The number of carboxylic acids is 1. The summed E-state index contributed by atoms with van der Waals surface area (Å²) in [7, 11) is 0. The third-order valence-corrected chi connectivity index (χ3v) is 3.21. The average molecular weight is 354 g/mol. The molecule has 2 N–H and O–H groups in total. The molecule has 0 radical (unpaired) electrons. The molecule has 5 heteroatoms. The number of anilines is 2. The highest BCUT2D eigenvalue weighted by atomic mass is 35.5. The van der Waals surface area contributed by atoms with Crippen molar-refractivity contribution < 1.29 is 9.90 Å². The van der Waals surface area contributed by atoms with Crippen molar-refractivity contribution in [2.75, 3.05) is 5.32 Å². The average Bonchev–Trinajstić information content (AvgIpc) is 2.56. The molecule has 2 rings (SSSR count). The number of benzene rings is 2. The van der Waals surface area contributed by atoms with Gasteiger partial charge in [0.05, 0.1) is 22.2 Å². The molecule has 0 saturated heterocycles. The maximum atomic E-state index is 10.8. The fourth-order valence-corrected chi connectivity index (χ4v) is 2.20. The standard InChI is InChI=1S/C14H11Cl2NO2.C2H6.C2H4/c15-10-5-3-6-11(16)14(10)17-12-7-2-1-4-9(12)8-13(18)19;2*1-2/h1-7,17H,8H2,(H,18,19);1-2H3;1-2H2. The summed E-state index contributed by atoms with van der Waals surface area (Å²) in [6.07, 6.45) is -0.0642. The van der Waals surface area contributed by atoms with Crippen molar-refractivity contribution in [1.82, 2.24) is 0 Å². The number of hydrogen-bond donors (Lipinski definition) is 2. The molecule has 0 aliphatic carbocycles. The molecule has 0 aliphatic rings. The van der Waals surface area contributed by atoms with Crippen LogP contribution in [-0.2, 0) is 11.2 Å². The number of hydrogen-bond acceptors (Lipinski definition) is 2. The molecule has 0 amide bonds. The molecule has 0 heterocycles. The summed E-state index contributed by atoms with van der Waals surface area (Å²) in [5.74, 6) is -0.889. The number of carboxylic acid groups (broad SMARTS) is 1. The van der Waals surface area contributed by atoms with Crippen LogP contribution in [0.5, 0.6) is 0 Å². The van der Waals surface area contributed by atoms with Gasteiger partial charge in [0.2, 0.25) is 0 Å². The molecule has 0 atom stereocenters. The monoisotopic (exact) mass is 353 g/mol. The van der Waals surface area contributed by atoms with E-state index >= 15 is 0 Å². The smallest absolute Gasteiger partial charge is 0.307 e. The Morgan fingerprint density at radius 1 is 1.04 bits per heavy atom. The molecule has 0 unspecified atom stereocenters. The lowest BCUT2D eigenvalue weighted by atomic mass is 10.1. The zero-order chi connectivity index (χ0) is 17.8. The summed E-state index contributed by atoms with van der Waals surface area (Å²) >= 11 is 12.1. The Morgan fingerprint density at radius 3 is 2.09 bits per heavy atom. The van der Waals surface area contributed by atoms with Crippen LogP contribution in [0, 0.1) is 0 Å². The second-order valence-corrected chi connectivity index (χ2v) is 4.76. The van der Waals surface area contributed by atoms with Crippen LogP contribution in [0.25, 0.3) is 0 Å². The van der Waals surface area contributed by atoms with Crippen LogP contribution in [0.15, 0.2) is 55.6 Å². The van der Waals surface area contributed by atoms with Crippen molar-refractivity contribution in [3.63, 3.8) is 0 Å². The quantitative estimate of drug-likeness (QED) is 0.644. The van der Waals surface area contributed by atoms with E-state index in [1.807, 2.05) is 19.9 Å².